The second-order valence-electron chi connectivity index (χ2n) is 5.95. The molecule has 1 unspecified atom stereocenters. The summed E-state index contributed by atoms with van der Waals surface area (Å²) in [6, 6.07) is 7.61. The standard InChI is InChI=1S/C17H25N3S/c1-2-10-18-16(17-8-5-12-21-17)13-14-9-11-20(19-14)15-6-3-4-7-15/h5,8-9,11-12,15-16,18H,2-4,6-7,10,13H2,1H3. The van der Waals surface area contributed by atoms with Crippen molar-refractivity contribution in [2.24, 2.45) is 0 Å². The Balaban J connectivity index is 1.67. The van der Waals surface area contributed by atoms with Gasteiger partial charge in [0.25, 0.3) is 0 Å². The lowest BCUT2D eigenvalue weighted by Crippen LogP contribution is -2.23. The molecule has 0 amide bonds. The Kier molecular flexibility index (Phi) is 5.09. The molecule has 3 rings (SSSR count). The van der Waals surface area contributed by atoms with Gasteiger partial charge in [-0.1, -0.05) is 25.8 Å². The van der Waals surface area contributed by atoms with E-state index in [1.165, 1.54) is 42.7 Å². The third-order valence-corrected chi connectivity index (χ3v) is 5.29. The molecule has 0 aromatic carbocycles. The van der Waals surface area contributed by atoms with Crippen LogP contribution in [-0.2, 0) is 6.42 Å². The summed E-state index contributed by atoms with van der Waals surface area (Å²) in [5.74, 6) is 0. The average Bonchev–Trinajstić information content (AvgIpc) is 3.24. The summed E-state index contributed by atoms with van der Waals surface area (Å²) in [7, 11) is 0. The number of aromatic nitrogens is 2. The van der Waals surface area contributed by atoms with Gasteiger partial charge in [-0.25, -0.2) is 0 Å². The molecule has 1 aliphatic carbocycles. The van der Waals surface area contributed by atoms with E-state index in [2.05, 4.69) is 46.7 Å². The van der Waals surface area contributed by atoms with E-state index in [1.807, 2.05) is 11.3 Å². The van der Waals surface area contributed by atoms with Crippen molar-refractivity contribution in [3.8, 4) is 0 Å². The highest BCUT2D eigenvalue weighted by molar-refractivity contribution is 7.10. The lowest BCUT2D eigenvalue weighted by atomic mass is 10.1. The van der Waals surface area contributed by atoms with Crippen LogP contribution in [0, 0.1) is 0 Å². The van der Waals surface area contributed by atoms with Crippen LogP contribution < -0.4 is 5.32 Å². The van der Waals surface area contributed by atoms with Crippen LogP contribution in [0.3, 0.4) is 0 Å². The normalized spacial score (nSPS) is 17.4. The van der Waals surface area contributed by atoms with Crippen LogP contribution in [0.1, 0.15) is 61.7 Å². The van der Waals surface area contributed by atoms with Gasteiger partial charge in [-0.05, 0) is 43.3 Å². The predicted molar refractivity (Wildman–Crippen MR) is 88.8 cm³/mol. The fourth-order valence-electron chi connectivity index (χ4n) is 3.15. The molecule has 114 valence electrons. The first-order valence-electron chi connectivity index (χ1n) is 8.17. The number of nitrogens with one attached hydrogen (secondary N) is 1. The highest BCUT2D eigenvalue weighted by Gasteiger charge is 2.19. The molecule has 0 bridgehead atoms. The fourth-order valence-corrected chi connectivity index (χ4v) is 3.95. The zero-order valence-corrected chi connectivity index (χ0v) is 13.6. The Morgan fingerprint density at radius 1 is 1.38 bits per heavy atom. The zero-order valence-electron chi connectivity index (χ0n) is 12.8. The van der Waals surface area contributed by atoms with Crippen LogP contribution >= 0.6 is 11.3 Å². The molecule has 0 saturated heterocycles. The quantitative estimate of drug-likeness (QED) is 0.824. The Hall–Kier alpha value is -1.13. The van der Waals surface area contributed by atoms with E-state index >= 15 is 0 Å². The first-order valence-corrected chi connectivity index (χ1v) is 9.05. The van der Waals surface area contributed by atoms with Crippen molar-refractivity contribution in [2.75, 3.05) is 6.54 Å². The maximum atomic E-state index is 4.83. The third kappa shape index (κ3) is 3.74. The van der Waals surface area contributed by atoms with Crippen LogP contribution in [0.2, 0.25) is 0 Å². The van der Waals surface area contributed by atoms with Crippen LogP contribution in [0.15, 0.2) is 29.8 Å². The number of hydrogen-bond donors (Lipinski definition) is 1. The maximum Gasteiger partial charge on any atom is 0.0644 e. The number of nitrogens with zero attached hydrogens (tertiary/aromatic N) is 2. The minimum Gasteiger partial charge on any atom is -0.309 e. The number of hydrogen-bond acceptors (Lipinski definition) is 3. The molecule has 4 heteroatoms. The minimum absolute atomic E-state index is 0.400. The molecule has 1 atom stereocenters. The van der Waals surface area contributed by atoms with E-state index in [1.54, 1.807) is 0 Å². The lowest BCUT2D eigenvalue weighted by molar-refractivity contribution is 0.457. The van der Waals surface area contributed by atoms with Gasteiger partial charge >= 0.3 is 0 Å². The molecule has 1 N–H and O–H groups in total. The average molecular weight is 303 g/mol. The van der Waals surface area contributed by atoms with Gasteiger partial charge in [0.2, 0.25) is 0 Å². The molecule has 1 fully saturated rings. The Morgan fingerprint density at radius 2 is 2.24 bits per heavy atom. The van der Waals surface area contributed by atoms with Crippen molar-refractivity contribution in [3.05, 3.63) is 40.3 Å². The smallest absolute Gasteiger partial charge is 0.0644 e. The molecule has 21 heavy (non-hydrogen) atoms. The number of thiophene rings is 1. The van der Waals surface area contributed by atoms with Crippen molar-refractivity contribution in [1.82, 2.24) is 15.1 Å². The van der Waals surface area contributed by atoms with E-state index in [0.717, 1.165) is 13.0 Å². The van der Waals surface area contributed by atoms with Gasteiger partial charge in [0.1, 0.15) is 0 Å². The topological polar surface area (TPSA) is 29.9 Å². The Morgan fingerprint density at radius 3 is 2.95 bits per heavy atom. The summed E-state index contributed by atoms with van der Waals surface area (Å²) in [5.41, 5.74) is 1.21. The van der Waals surface area contributed by atoms with Crippen LogP contribution in [-0.4, -0.2) is 16.3 Å². The summed E-state index contributed by atoms with van der Waals surface area (Å²) < 4.78 is 2.20. The van der Waals surface area contributed by atoms with E-state index in [4.69, 9.17) is 5.10 Å². The van der Waals surface area contributed by atoms with Crippen molar-refractivity contribution in [2.45, 2.75) is 57.5 Å². The van der Waals surface area contributed by atoms with Gasteiger partial charge in [-0.15, -0.1) is 11.3 Å². The summed E-state index contributed by atoms with van der Waals surface area (Å²) in [4.78, 5) is 1.42. The molecular formula is C17H25N3S. The van der Waals surface area contributed by atoms with Crippen molar-refractivity contribution in [1.29, 1.82) is 0 Å². The summed E-state index contributed by atoms with van der Waals surface area (Å²) >= 11 is 1.84. The highest BCUT2D eigenvalue weighted by Crippen LogP contribution is 2.29. The first-order chi connectivity index (χ1) is 10.4. The molecule has 1 aliphatic rings. The van der Waals surface area contributed by atoms with Crippen LogP contribution in [0.4, 0.5) is 0 Å². The SMILES string of the molecule is CCCNC(Cc1ccn(C2CCCC2)n1)c1cccs1. The van der Waals surface area contributed by atoms with Crippen LogP contribution in [0.25, 0.3) is 0 Å². The van der Waals surface area contributed by atoms with Gasteiger partial charge in [0.05, 0.1) is 11.7 Å². The second kappa shape index (κ2) is 7.23. The highest BCUT2D eigenvalue weighted by atomic mass is 32.1. The monoisotopic (exact) mass is 303 g/mol. The van der Waals surface area contributed by atoms with Crippen molar-refractivity contribution >= 4 is 11.3 Å². The van der Waals surface area contributed by atoms with Gasteiger partial charge in [0, 0.05) is 23.5 Å². The van der Waals surface area contributed by atoms with E-state index in [9.17, 15) is 0 Å². The fraction of sp³-hybridized carbons (Fsp3) is 0.588. The molecule has 2 aromatic heterocycles. The second-order valence-corrected chi connectivity index (χ2v) is 6.93. The number of rotatable bonds is 7. The third-order valence-electron chi connectivity index (χ3n) is 4.30. The van der Waals surface area contributed by atoms with E-state index < -0.39 is 0 Å². The molecule has 3 nitrogen and oxygen atoms in total. The summed E-state index contributed by atoms with van der Waals surface area (Å²) in [6.45, 7) is 3.28. The van der Waals surface area contributed by atoms with Gasteiger partial charge in [0.15, 0.2) is 0 Å². The molecule has 1 saturated carbocycles. The largest absolute Gasteiger partial charge is 0.309 e. The predicted octanol–water partition coefficient (Wildman–Crippen LogP) is 4.34. The molecule has 0 radical (unpaired) electrons. The molecule has 2 aromatic rings. The Bertz CT molecular complexity index is 526. The zero-order chi connectivity index (χ0) is 14.5. The first kappa shape index (κ1) is 14.8. The van der Waals surface area contributed by atoms with E-state index in [-0.39, 0.29) is 0 Å². The summed E-state index contributed by atoms with van der Waals surface area (Å²) in [5, 5.41) is 10.7. The minimum atomic E-state index is 0.400. The van der Waals surface area contributed by atoms with Gasteiger partial charge in [-0.3, -0.25) is 4.68 Å². The lowest BCUT2D eigenvalue weighted by Gasteiger charge is -2.16. The van der Waals surface area contributed by atoms with Gasteiger partial charge < -0.3 is 5.32 Å². The van der Waals surface area contributed by atoms with Crippen molar-refractivity contribution in [3.63, 3.8) is 0 Å². The maximum absolute atomic E-state index is 4.83. The molecule has 0 aliphatic heterocycles. The van der Waals surface area contributed by atoms with Crippen LogP contribution in [0.5, 0.6) is 0 Å². The van der Waals surface area contributed by atoms with Gasteiger partial charge in [-0.2, -0.15) is 5.10 Å². The van der Waals surface area contributed by atoms with E-state index in [0.29, 0.717) is 12.1 Å². The molecule has 2 heterocycles. The Labute approximate surface area is 131 Å². The van der Waals surface area contributed by atoms with Crippen molar-refractivity contribution < 1.29 is 0 Å². The summed E-state index contributed by atoms with van der Waals surface area (Å²) in [6.07, 6.45) is 9.63. The molecular weight excluding hydrogens is 278 g/mol. The molecule has 0 spiro atoms.